The first-order chi connectivity index (χ1) is 9.60. The Morgan fingerprint density at radius 1 is 1.20 bits per heavy atom. The summed E-state index contributed by atoms with van der Waals surface area (Å²) < 4.78 is 0. The largest absolute Gasteiger partial charge is 0.481 e. The van der Waals surface area contributed by atoms with E-state index in [1.54, 1.807) is 24.3 Å². The second-order valence-corrected chi connectivity index (χ2v) is 5.67. The summed E-state index contributed by atoms with van der Waals surface area (Å²) in [5.74, 6) is -0.827. The Bertz CT molecular complexity index is 531. The van der Waals surface area contributed by atoms with Gasteiger partial charge in [-0.2, -0.15) is 0 Å². The van der Waals surface area contributed by atoms with Gasteiger partial charge < -0.3 is 15.7 Å². The van der Waals surface area contributed by atoms with Crippen LogP contribution in [0.3, 0.4) is 0 Å². The molecule has 0 aromatic heterocycles. The van der Waals surface area contributed by atoms with Crippen LogP contribution in [-0.2, 0) is 15.0 Å². The number of anilines is 1. The van der Waals surface area contributed by atoms with E-state index in [1.165, 1.54) is 0 Å². The van der Waals surface area contributed by atoms with E-state index in [9.17, 15) is 14.7 Å². The van der Waals surface area contributed by atoms with Crippen LogP contribution in [0.2, 0.25) is 0 Å². The maximum absolute atomic E-state index is 11.7. The molecule has 5 heteroatoms. The summed E-state index contributed by atoms with van der Waals surface area (Å²) in [5.41, 5.74) is 0.840. The average molecular weight is 274 g/mol. The number of aliphatic carboxylic acids is 1. The molecule has 0 radical (unpaired) electrons. The molecule has 0 aliphatic heterocycles. The van der Waals surface area contributed by atoms with Crippen LogP contribution in [0.1, 0.15) is 31.2 Å². The second kappa shape index (κ2) is 4.90. The maximum Gasteiger partial charge on any atom is 0.314 e. The Balaban J connectivity index is 1.58. The second-order valence-electron chi connectivity index (χ2n) is 5.67. The summed E-state index contributed by atoms with van der Waals surface area (Å²) in [6, 6.07) is 7.64. The molecule has 1 aromatic carbocycles. The molecule has 2 aliphatic rings. The van der Waals surface area contributed by atoms with Crippen LogP contribution < -0.4 is 10.6 Å². The minimum Gasteiger partial charge on any atom is -0.481 e. The van der Waals surface area contributed by atoms with Gasteiger partial charge in [0, 0.05) is 11.7 Å². The lowest BCUT2D eigenvalue weighted by molar-refractivity contribution is -0.140. The normalized spacial score (nSPS) is 19.4. The number of hydrogen-bond acceptors (Lipinski definition) is 3. The van der Waals surface area contributed by atoms with Crippen LogP contribution in [0.25, 0.3) is 0 Å². The van der Waals surface area contributed by atoms with Gasteiger partial charge in [0.1, 0.15) is 0 Å². The third kappa shape index (κ3) is 2.67. The van der Waals surface area contributed by atoms with E-state index in [0.29, 0.717) is 31.1 Å². The van der Waals surface area contributed by atoms with Crippen molar-refractivity contribution in [2.45, 2.75) is 37.1 Å². The molecule has 2 saturated carbocycles. The zero-order valence-corrected chi connectivity index (χ0v) is 11.2. The number of carboxylic acid groups (broad SMARTS) is 1. The lowest BCUT2D eigenvalue weighted by Crippen LogP contribution is -2.29. The molecule has 20 heavy (non-hydrogen) atoms. The summed E-state index contributed by atoms with van der Waals surface area (Å²) in [6.45, 7) is 0.325. The molecule has 5 nitrogen and oxygen atoms in total. The lowest BCUT2D eigenvalue weighted by Gasteiger charge is -2.11. The van der Waals surface area contributed by atoms with Gasteiger partial charge in [-0.15, -0.1) is 0 Å². The average Bonchev–Trinajstić information content (AvgIpc) is 3.30. The monoisotopic (exact) mass is 274 g/mol. The summed E-state index contributed by atoms with van der Waals surface area (Å²) >= 11 is 0. The Hall–Kier alpha value is -1.88. The molecule has 0 saturated heterocycles. The molecule has 1 amide bonds. The molecule has 0 spiro atoms. The van der Waals surface area contributed by atoms with Crippen molar-refractivity contribution in [2.75, 3.05) is 11.9 Å². The molecule has 0 atom stereocenters. The van der Waals surface area contributed by atoms with Gasteiger partial charge in [-0.3, -0.25) is 9.59 Å². The van der Waals surface area contributed by atoms with Crippen molar-refractivity contribution in [3.63, 3.8) is 0 Å². The molecule has 1 aromatic rings. The van der Waals surface area contributed by atoms with Gasteiger partial charge in [0.05, 0.1) is 12.0 Å². The topological polar surface area (TPSA) is 78.4 Å². The molecule has 3 N–H and O–H groups in total. The standard InChI is InChI=1S/C15H18N2O3/c18-13(9-16-11-5-6-11)17-12-3-1-10(2-4-12)15(7-8-15)14(19)20/h1-4,11,16H,5-9H2,(H,17,18)(H,19,20). The Morgan fingerprint density at radius 3 is 2.35 bits per heavy atom. The summed E-state index contributed by atoms with van der Waals surface area (Å²) in [6.07, 6.45) is 3.69. The highest BCUT2D eigenvalue weighted by atomic mass is 16.4. The first kappa shape index (κ1) is 13.1. The van der Waals surface area contributed by atoms with Crippen molar-refractivity contribution >= 4 is 17.6 Å². The zero-order valence-electron chi connectivity index (χ0n) is 11.2. The van der Waals surface area contributed by atoms with Crippen LogP contribution in [-0.4, -0.2) is 29.6 Å². The fourth-order valence-electron chi connectivity index (χ4n) is 2.35. The van der Waals surface area contributed by atoms with Gasteiger partial charge in [0.2, 0.25) is 5.91 Å². The minimum absolute atomic E-state index is 0.0657. The van der Waals surface area contributed by atoms with E-state index < -0.39 is 11.4 Å². The molecule has 0 bridgehead atoms. The predicted octanol–water partition coefficient (Wildman–Crippen LogP) is 1.49. The SMILES string of the molecule is O=C(CNC1CC1)Nc1ccc(C2(C(=O)O)CC2)cc1. The summed E-state index contributed by atoms with van der Waals surface area (Å²) in [7, 11) is 0. The van der Waals surface area contributed by atoms with Crippen LogP contribution in [0, 0.1) is 0 Å². The molecular formula is C15H18N2O3. The molecule has 106 valence electrons. The lowest BCUT2D eigenvalue weighted by atomic mass is 9.96. The molecule has 2 fully saturated rings. The Morgan fingerprint density at radius 2 is 1.85 bits per heavy atom. The first-order valence-electron chi connectivity index (χ1n) is 6.97. The van der Waals surface area contributed by atoms with Gasteiger partial charge in [-0.05, 0) is 43.4 Å². The minimum atomic E-state index is -0.761. The molecular weight excluding hydrogens is 256 g/mol. The van der Waals surface area contributed by atoms with Gasteiger partial charge >= 0.3 is 5.97 Å². The quantitative estimate of drug-likeness (QED) is 0.734. The van der Waals surface area contributed by atoms with Gasteiger partial charge in [-0.25, -0.2) is 0 Å². The number of benzene rings is 1. The number of amides is 1. The van der Waals surface area contributed by atoms with E-state index in [4.69, 9.17) is 0 Å². The van der Waals surface area contributed by atoms with Crippen molar-refractivity contribution in [3.8, 4) is 0 Å². The Kier molecular flexibility index (Phi) is 3.22. The highest BCUT2D eigenvalue weighted by Gasteiger charge is 2.51. The predicted molar refractivity (Wildman–Crippen MR) is 74.6 cm³/mol. The van der Waals surface area contributed by atoms with Crippen LogP contribution in [0.5, 0.6) is 0 Å². The zero-order chi connectivity index (χ0) is 14.2. The van der Waals surface area contributed by atoms with E-state index >= 15 is 0 Å². The third-order valence-electron chi connectivity index (χ3n) is 4.01. The van der Waals surface area contributed by atoms with Crippen molar-refractivity contribution < 1.29 is 14.7 Å². The fraction of sp³-hybridized carbons (Fsp3) is 0.467. The number of rotatable bonds is 6. The molecule has 2 aliphatic carbocycles. The third-order valence-corrected chi connectivity index (χ3v) is 4.01. The number of carbonyl (C=O) groups excluding carboxylic acids is 1. The molecule has 3 rings (SSSR count). The highest BCUT2D eigenvalue weighted by molar-refractivity contribution is 5.92. The van der Waals surface area contributed by atoms with Crippen molar-refractivity contribution in [3.05, 3.63) is 29.8 Å². The number of hydrogen-bond donors (Lipinski definition) is 3. The van der Waals surface area contributed by atoms with Crippen molar-refractivity contribution in [1.82, 2.24) is 5.32 Å². The molecule has 0 heterocycles. The highest BCUT2D eigenvalue weighted by Crippen LogP contribution is 2.48. The molecule has 0 unspecified atom stereocenters. The van der Waals surface area contributed by atoms with E-state index in [0.717, 1.165) is 18.4 Å². The van der Waals surface area contributed by atoms with Gasteiger partial charge in [0.25, 0.3) is 0 Å². The fourth-order valence-corrected chi connectivity index (χ4v) is 2.35. The number of carbonyl (C=O) groups is 2. The van der Waals surface area contributed by atoms with E-state index in [2.05, 4.69) is 10.6 Å². The van der Waals surface area contributed by atoms with Gasteiger partial charge in [-0.1, -0.05) is 12.1 Å². The first-order valence-corrected chi connectivity index (χ1v) is 6.97. The van der Waals surface area contributed by atoms with E-state index in [-0.39, 0.29) is 5.91 Å². The van der Waals surface area contributed by atoms with Crippen molar-refractivity contribution in [1.29, 1.82) is 0 Å². The van der Waals surface area contributed by atoms with Crippen LogP contribution in [0.4, 0.5) is 5.69 Å². The number of carboxylic acids is 1. The smallest absolute Gasteiger partial charge is 0.314 e. The van der Waals surface area contributed by atoms with Gasteiger partial charge in [0.15, 0.2) is 0 Å². The summed E-state index contributed by atoms with van der Waals surface area (Å²) in [4.78, 5) is 22.9. The number of nitrogens with one attached hydrogen (secondary N) is 2. The Labute approximate surface area is 117 Å². The van der Waals surface area contributed by atoms with Crippen molar-refractivity contribution in [2.24, 2.45) is 0 Å². The maximum atomic E-state index is 11.7. The van der Waals surface area contributed by atoms with Crippen LogP contribution >= 0.6 is 0 Å². The van der Waals surface area contributed by atoms with E-state index in [1.807, 2.05) is 0 Å². The van der Waals surface area contributed by atoms with Crippen LogP contribution in [0.15, 0.2) is 24.3 Å². The summed E-state index contributed by atoms with van der Waals surface area (Å²) in [5, 5.41) is 15.2.